The Morgan fingerprint density at radius 3 is 2.53 bits per heavy atom. The van der Waals surface area contributed by atoms with Gasteiger partial charge in [-0.05, 0) is 49.8 Å². The van der Waals surface area contributed by atoms with Crippen LogP contribution in [0.1, 0.15) is 28.4 Å². The normalized spacial score (nSPS) is 15.5. The molecule has 0 spiro atoms. The zero-order valence-electron chi connectivity index (χ0n) is 19.2. The first-order valence-corrected chi connectivity index (χ1v) is 11.3. The van der Waals surface area contributed by atoms with E-state index in [2.05, 4.69) is 11.6 Å². The predicted octanol–water partition coefficient (Wildman–Crippen LogP) is 5.27. The van der Waals surface area contributed by atoms with Gasteiger partial charge in [-0.1, -0.05) is 48.2 Å². The zero-order chi connectivity index (χ0) is 24.7. The van der Waals surface area contributed by atoms with Crippen LogP contribution in [0.5, 0.6) is 11.5 Å². The number of carbonyl (C=O) groups excluding carboxylic acids is 2. The molecule has 1 amide bonds. The van der Waals surface area contributed by atoms with Crippen LogP contribution >= 0.6 is 11.8 Å². The van der Waals surface area contributed by atoms with E-state index in [1.807, 2.05) is 6.92 Å². The van der Waals surface area contributed by atoms with E-state index in [-0.39, 0.29) is 23.0 Å². The molecule has 0 aromatic heterocycles. The molecule has 1 aliphatic heterocycles. The van der Waals surface area contributed by atoms with Crippen LogP contribution in [-0.2, 0) is 9.53 Å². The number of benzene rings is 2. The number of amides is 1. The highest BCUT2D eigenvalue weighted by atomic mass is 32.2. The minimum atomic E-state index is -0.753. The SMILES string of the molecule is C=CCOc1ccc(/C=C2/SC(=NC(=O)c3ccc(C)cc3)C(C(=O)OCC)=C2O)cc1OC. The van der Waals surface area contributed by atoms with E-state index < -0.39 is 11.9 Å². The second-order valence-electron chi connectivity index (χ2n) is 7.15. The van der Waals surface area contributed by atoms with Crippen LogP contribution < -0.4 is 9.47 Å². The van der Waals surface area contributed by atoms with Gasteiger partial charge in [-0.25, -0.2) is 9.79 Å². The Balaban J connectivity index is 1.98. The van der Waals surface area contributed by atoms with Crippen LogP contribution in [0, 0.1) is 6.92 Å². The smallest absolute Gasteiger partial charge is 0.344 e. The number of rotatable bonds is 8. The molecular formula is C26H25NO6S. The number of hydrogen-bond donors (Lipinski definition) is 1. The van der Waals surface area contributed by atoms with Gasteiger partial charge in [-0.15, -0.1) is 0 Å². The molecule has 1 aliphatic rings. The molecule has 0 fully saturated rings. The Bertz CT molecular complexity index is 1190. The fourth-order valence-electron chi connectivity index (χ4n) is 3.04. The van der Waals surface area contributed by atoms with Crippen LogP contribution in [0.3, 0.4) is 0 Å². The van der Waals surface area contributed by atoms with Crippen LogP contribution in [-0.4, -0.2) is 42.4 Å². The maximum atomic E-state index is 12.7. The highest BCUT2D eigenvalue weighted by Crippen LogP contribution is 2.40. The fraction of sp³-hybridized carbons (Fsp3) is 0.192. The monoisotopic (exact) mass is 479 g/mol. The molecule has 0 aliphatic carbocycles. The van der Waals surface area contributed by atoms with Crippen molar-refractivity contribution in [3.63, 3.8) is 0 Å². The Kier molecular flexibility index (Phi) is 8.32. The fourth-order valence-corrected chi connectivity index (χ4v) is 4.05. The lowest BCUT2D eigenvalue weighted by Crippen LogP contribution is -2.14. The summed E-state index contributed by atoms with van der Waals surface area (Å²) in [6.07, 6.45) is 3.29. The summed E-state index contributed by atoms with van der Waals surface area (Å²) < 4.78 is 16.0. The van der Waals surface area contributed by atoms with Crippen molar-refractivity contribution < 1.29 is 28.9 Å². The summed E-state index contributed by atoms with van der Waals surface area (Å²) in [5.41, 5.74) is 1.92. The average molecular weight is 480 g/mol. The average Bonchev–Trinajstić information content (AvgIpc) is 3.12. The third kappa shape index (κ3) is 5.77. The summed E-state index contributed by atoms with van der Waals surface area (Å²) in [7, 11) is 1.52. The largest absolute Gasteiger partial charge is 0.506 e. The zero-order valence-corrected chi connectivity index (χ0v) is 20.0. The number of methoxy groups -OCH3 is 1. The number of nitrogens with zero attached hydrogens (tertiary/aromatic N) is 1. The van der Waals surface area contributed by atoms with Crippen LogP contribution in [0.2, 0.25) is 0 Å². The molecule has 1 N–H and O–H groups in total. The van der Waals surface area contributed by atoms with Gasteiger partial charge in [0.1, 0.15) is 23.0 Å². The van der Waals surface area contributed by atoms with Crippen molar-refractivity contribution in [3.8, 4) is 11.5 Å². The number of hydrogen-bond acceptors (Lipinski definition) is 7. The summed E-state index contributed by atoms with van der Waals surface area (Å²) in [5, 5.41) is 10.9. The van der Waals surface area contributed by atoms with E-state index in [0.717, 1.165) is 17.3 Å². The van der Waals surface area contributed by atoms with Crippen molar-refractivity contribution in [2.24, 2.45) is 4.99 Å². The summed E-state index contributed by atoms with van der Waals surface area (Å²) >= 11 is 1.01. The van der Waals surface area contributed by atoms with E-state index in [0.29, 0.717) is 34.1 Å². The van der Waals surface area contributed by atoms with Crippen molar-refractivity contribution in [1.82, 2.24) is 0 Å². The van der Waals surface area contributed by atoms with E-state index in [9.17, 15) is 14.7 Å². The number of aliphatic hydroxyl groups is 1. The van der Waals surface area contributed by atoms with Crippen molar-refractivity contribution in [2.45, 2.75) is 13.8 Å². The molecule has 0 saturated carbocycles. The second-order valence-corrected chi connectivity index (χ2v) is 8.18. The molecule has 1 heterocycles. The van der Waals surface area contributed by atoms with Crippen LogP contribution in [0.4, 0.5) is 0 Å². The van der Waals surface area contributed by atoms with Gasteiger partial charge in [0.25, 0.3) is 5.91 Å². The van der Waals surface area contributed by atoms with E-state index in [1.54, 1.807) is 61.5 Å². The molecule has 0 saturated heterocycles. The number of ether oxygens (including phenoxy) is 3. The van der Waals surface area contributed by atoms with Crippen molar-refractivity contribution >= 4 is 34.8 Å². The predicted molar refractivity (Wildman–Crippen MR) is 133 cm³/mol. The summed E-state index contributed by atoms with van der Waals surface area (Å²) in [5.74, 6) is -0.538. The maximum Gasteiger partial charge on any atom is 0.344 e. The quantitative estimate of drug-likeness (QED) is 0.407. The number of aryl methyl sites for hydroxylation is 1. The third-order valence-corrected chi connectivity index (χ3v) is 5.73. The van der Waals surface area contributed by atoms with Crippen molar-refractivity contribution in [2.75, 3.05) is 20.3 Å². The molecule has 3 rings (SSSR count). The minimum Gasteiger partial charge on any atom is -0.506 e. The molecule has 0 radical (unpaired) electrons. The standard InChI is InChI=1S/C26H25NO6S/c1-5-13-33-19-12-9-17(14-20(19)31-4)15-21-23(28)22(26(30)32-6-2)25(34-21)27-24(29)18-10-7-16(3)8-11-18/h5,7-12,14-15,28H,1,6,13H2,2-4H3/b21-15+,27-25?. The summed E-state index contributed by atoms with van der Waals surface area (Å²) in [4.78, 5) is 29.7. The molecular weight excluding hydrogens is 454 g/mol. The third-order valence-electron chi connectivity index (χ3n) is 4.71. The molecule has 0 atom stereocenters. The summed E-state index contributed by atoms with van der Waals surface area (Å²) in [6.45, 7) is 7.64. The molecule has 0 bridgehead atoms. The highest BCUT2D eigenvalue weighted by molar-refractivity contribution is 8.18. The lowest BCUT2D eigenvalue weighted by atomic mass is 10.1. The lowest BCUT2D eigenvalue weighted by Gasteiger charge is -2.10. The van der Waals surface area contributed by atoms with Crippen molar-refractivity contribution in [3.05, 3.63) is 88.0 Å². The van der Waals surface area contributed by atoms with Gasteiger partial charge in [0.2, 0.25) is 0 Å². The molecule has 34 heavy (non-hydrogen) atoms. The van der Waals surface area contributed by atoms with Gasteiger partial charge >= 0.3 is 5.97 Å². The molecule has 7 nitrogen and oxygen atoms in total. The van der Waals surface area contributed by atoms with Gasteiger partial charge in [0, 0.05) is 5.56 Å². The van der Waals surface area contributed by atoms with Gasteiger partial charge in [-0.3, -0.25) is 4.79 Å². The molecule has 2 aromatic rings. The van der Waals surface area contributed by atoms with Crippen molar-refractivity contribution in [1.29, 1.82) is 0 Å². The Morgan fingerprint density at radius 1 is 1.15 bits per heavy atom. The molecule has 8 heteroatoms. The number of aliphatic imine (C=N–C) groups is 1. The molecule has 176 valence electrons. The first kappa shape index (κ1) is 24.9. The van der Waals surface area contributed by atoms with Gasteiger partial charge in [-0.2, -0.15) is 0 Å². The molecule has 2 aromatic carbocycles. The van der Waals surface area contributed by atoms with Gasteiger partial charge in [0.15, 0.2) is 11.5 Å². The Labute approximate surface area is 202 Å². The number of thioether (sulfide) groups is 1. The lowest BCUT2D eigenvalue weighted by molar-refractivity contribution is -0.138. The first-order chi connectivity index (χ1) is 16.4. The van der Waals surface area contributed by atoms with Gasteiger partial charge < -0.3 is 19.3 Å². The van der Waals surface area contributed by atoms with Gasteiger partial charge in [0.05, 0.1) is 18.6 Å². The maximum absolute atomic E-state index is 12.7. The Morgan fingerprint density at radius 2 is 1.88 bits per heavy atom. The number of esters is 1. The highest BCUT2D eigenvalue weighted by Gasteiger charge is 2.34. The topological polar surface area (TPSA) is 94.4 Å². The minimum absolute atomic E-state index is 0.0747. The molecule has 0 unspecified atom stereocenters. The first-order valence-electron chi connectivity index (χ1n) is 10.5. The van der Waals surface area contributed by atoms with Crippen LogP contribution in [0.25, 0.3) is 6.08 Å². The number of aliphatic hydroxyl groups excluding tert-OH is 1. The van der Waals surface area contributed by atoms with E-state index >= 15 is 0 Å². The summed E-state index contributed by atoms with van der Waals surface area (Å²) in [6, 6.07) is 12.2. The Hall–Kier alpha value is -3.78. The van der Waals surface area contributed by atoms with E-state index in [4.69, 9.17) is 14.2 Å². The second kappa shape index (κ2) is 11.4. The van der Waals surface area contributed by atoms with Crippen LogP contribution in [0.15, 0.2) is 76.3 Å². The van der Waals surface area contributed by atoms with E-state index in [1.165, 1.54) is 7.11 Å². The number of carbonyl (C=O) groups is 2.